The van der Waals surface area contributed by atoms with Gasteiger partial charge in [0.2, 0.25) is 0 Å². The Morgan fingerprint density at radius 1 is 1.00 bits per heavy atom. The van der Waals surface area contributed by atoms with E-state index in [-0.39, 0.29) is 24.8 Å². The third kappa shape index (κ3) is 7.51. The highest BCUT2D eigenvalue weighted by Gasteiger charge is 2.19. The molecule has 0 spiro atoms. The summed E-state index contributed by atoms with van der Waals surface area (Å²) in [5, 5.41) is 3.72. The van der Waals surface area contributed by atoms with Crippen molar-refractivity contribution in [3.05, 3.63) is 62.5 Å². The molecule has 7 heteroatoms. The van der Waals surface area contributed by atoms with E-state index in [0.29, 0.717) is 12.6 Å². The molecule has 1 aliphatic rings. The average Bonchev–Trinajstić information content (AvgIpc) is 2.65. The lowest BCUT2D eigenvalue weighted by Gasteiger charge is -2.32. The second-order valence-corrected chi connectivity index (χ2v) is 8.45. The average molecular weight is 555 g/mol. The first-order valence-electron chi connectivity index (χ1n) is 9.26. The highest BCUT2D eigenvalue weighted by atomic mass is 79.9. The van der Waals surface area contributed by atoms with Crippen molar-refractivity contribution in [2.75, 3.05) is 19.7 Å². The summed E-state index contributed by atoms with van der Waals surface area (Å²) in [7, 11) is 0. The molecule has 1 saturated heterocycles. The number of ether oxygens (including phenoxy) is 1. The molecule has 1 heterocycles. The number of nitrogens with zero attached hydrogens (tertiary/aromatic N) is 1. The van der Waals surface area contributed by atoms with Crippen molar-refractivity contribution in [3.8, 4) is 5.75 Å². The highest BCUT2D eigenvalue weighted by molar-refractivity contribution is 9.11. The smallest absolute Gasteiger partial charge is 0.147 e. The summed E-state index contributed by atoms with van der Waals surface area (Å²) in [6.07, 6.45) is 2.40. The summed E-state index contributed by atoms with van der Waals surface area (Å²) >= 11 is 7.23. The predicted octanol–water partition coefficient (Wildman–Crippen LogP) is 6.21. The van der Waals surface area contributed by atoms with E-state index in [0.717, 1.165) is 40.9 Å². The van der Waals surface area contributed by atoms with E-state index in [1.807, 2.05) is 6.92 Å². The minimum absolute atomic E-state index is 0. The van der Waals surface area contributed by atoms with Gasteiger partial charge >= 0.3 is 0 Å². The minimum Gasteiger partial charge on any atom is -0.492 e. The summed E-state index contributed by atoms with van der Waals surface area (Å²) < 4.78 is 7.66. The van der Waals surface area contributed by atoms with Gasteiger partial charge in [0, 0.05) is 19.1 Å². The van der Waals surface area contributed by atoms with Crippen molar-refractivity contribution in [3.63, 3.8) is 0 Å². The van der Waals surface area contributed by atoms with Gasteiger partial charge in [-0.05, 0) is 88.0 Å². The quantitative estimate of drug-likeness (QED) is 0.440. The molecule has 156 valence electrons. The van der Waals surface area contributed by atoms with Crippen LogP contribution in [0.1, 0.15) is 30.9 Å². The van der Waals surface area contributed by atoms with Crippen LogP contribution in [0.4, 0.5) is 0 Å². The molecule has 1 aliphatic heterocycles. The van der Waals surface area contributed by atoms with E-state index in [9.17, 15) is 0 Å². The Balaban J connectivity index is 0.00000196. The molecular formula is C21H28Br2Cl2N2O. The molecule has 0 aliphatic carbocycles. The first-order valence-corrected chi connectivity index (χ1v) is 10.8. The van der Waals surface area contributed by atoms with Crippen molar-refractivity contribution in [1.82, 2.24) is 10.2 Å². The Morgan fingerprint density at radius 3 is 2.18 bits per heavy atom. The molecule has 0 unspecified atom stereocenters. The first-order chi connectivity index (χ1) is 12.7. The number of nitrogens with one attached hydrogen (secondary N) is 1. The van der Waals surface area contributed by atoms with Crippen LogP contribution in [0.25, 0.3) is 0 Å². The Hall–Kier alpha value is -0.300. The van der Waals surface area contributed by atoms with Gasteiger partial charge < -0.3 is 10.1 Å². The maximum absolute atomic E-state index is 5.66. The fourth-order valence-corrected chi connectivity index (χ4v) is 4.91. The Kier molecular flexibility index (Phi) is 12.0. The summed E-state index contributed by atoms with van der Waals surface area (Å²) in [6, 6.07) is 15.6. The molecule has 3 nitrogen and oxygen atoms in total. The van der Waals surface area contributed by atoms with Crippen LogP contribution in [-0.4, -0.2) is 30.6 Å². The molecule has 3 rings (SSSR count). The van der Waals surface area contributed by atoms with Gasteiger partial charge in [0.25, 0.3) is 0 Å². The van der Waals surface area contributed by atoms with Gasteiger partial charge in [-0.25, -0.2) is 0 Å². The molecule has 0 amide bonds. The van der Waals surface area contributed by atoms with E-state index < -0.39 is 0 Å². The molecule has 28 heavy (non-hydrogen) atoms. The largest absolute Gasteiger partial charge is 0.492 e. The first kappa shape index (κ1) is 25.7. The fraction of sp³-hybridized carbons (Fsp3) is 0.429. The number of hydrogen-bond acceptors (Lipinski definition) is 3. The third-order valence-electron chi connectivity index (χ3n) is 4.78. The SMILES string of the molecule is CCOc1c(Br)cc(CNC2CCN(Cc3ccccc3)CC2)cc1Br.Cl.Cl. The zero-order chi connectivity index (χ0) is 18.4. The lowest BCUT2D eigenvalue weighted by Crippen LogP contribution is -2.41. The number of rotatable bonds is 7. The molecule has 2 aromatic carbocycles. The van der Waals surface area contributed by atoms with Crippen molar-refractivity contribution in [2.45, 2.75) is 38.9 Å². The van der Waals surface area contributed by atoms with Crippen molar-refractivity contribution < 1.29 is 4.74 Å². The predicted molar refractivity (Wildman–Crippen MR) is 129 cm³/mol. The molecule has 0 radical (unpaired) electrons. The van der Waals surface area contributed by atoms with Crippen molar-refractivity contribution in [1.29, 1.82) is 0 Å². The van der Waals surface area contributed by atoms with Gasteiger partial charge in [-0.2, -0.15) is 0 Å². The van der Waals surface area contributed by atoms with Crippen LogP contribution in [0.5, 0.6) is 5.75 Å². The Labute approximate surface area is 197 Å². The maximum atomic E-state index is 5.66. The van der Waals surface area contributed by atoms with Gasteiger partial charge in [0.15, 0.2) is 0 Å². The maximum Gasteiger partial charge on any atom is 0.147 e. The van der Waals surface area contributed by atoms with Crippen molar-refractivity contribution >= 4 is 56.7 Å². The molecule has 0 atom stereocenters. The summed E-state index contributed by atoms with van der Waals surface area (Å²) in [5.74, 6) is 0.880. The zero-order valence-corrected chi connectivity index (χ0v) is 20.8. The van der Waals surface area contributed by atoms with E-state index in [1.165, 1.54) is 24.0 Å². The van der Waals surface area contributed by atoms with E-state index in [2.05, 4.69) is 84.5 Å². The Bertz CT molecular complexity index is 688. The molecular weight excluding hydrogens is 527 g/mol. The van der Waals surface area contributed by atoms with Gasteiger partial charge in [-0.3, -0.25) is 4.90 Å². The van der Waals surface area contributed by atoms with Crippen LogP contribution in [0.2, 0.25) is 0 Å². The van der Waals surface area contributed by atoms with Crippen LogP contribution in [-0.2, 0) is 13.1 Å². The Morgan fingerprint density at radius 2 is 1.61 bits per heavy atom. The van der Waals surface area contributed by atoms with Gasteiger partial charge in [-0.15, -0.1) is 24.8 Å². The van der Waals surface area contributed by atoms with Crippen LogP contribution in [0.3, 0.4) is 0 Å². The van der Waals surface area contributed by atoms with Crippen LogP contribution in [0, 0.1) is 0 Å². The molecule has 1 N–H and O–H groups in total. The number of piperidine rings is 1. The van der Waals surface area contributed by atoms with E-state index in [1.54, 1.807) is 0 Å². The monoisotopic (exact) mass is 552 g/mol. The van der Waals surface area contributed by atoms with E-state index >= 15 is 0 Å². The molecule has 0 aromatic heterocycles. The normalized spacial score (nSPS) is 14.8. The van der Waals surface area contributed by atoms with Gasteiger partial charge in [0.1, 0.15) is 5.75 Å². The number of benzene rings is 2. The van der Waals surface area contributed by atoms with Crippen LogP contribution in [0.15, 0.2) is 51.4 Å². The van der Waals surface area contributed by atoms with Gasteiger partial charge in [-0.1, -0.05) is 30.3 Å². The number of halogens is 4. The molecule has 1 fully saturated rings. The summed E-state index contributed by atoms with van der Waals surface area (Å²) in [4.78, 5) is 2.55. The lowest BCUT2D eigenvalue weighted by atomic mass is 10.0. The van der Waals surface area contributed by atoms with Gasteiger partial charge in [0.05, 0.1) is 15.6 Å². The zero-order valence-electron chi connectivity index (χ0n) is 16.0. The number of hydrogen-bond donors (Lipinski definition) is 1. The standard InChI is InChI=1S/C21H26Br2N2O.2ClH/c1-2-26-21-19(22)12-17(13-20(21)23)14-24-18-8-10-25(11-9-18)15-16-6-4-3-5-7-16;;/h3-7,12-13,18,24H,2,8-11,14-15H2,1H3;2*1H. The second kappa shape index (κ2) is 13.1. The lowest BCUT2D eigenvalue weighted by molar-refractivity contribution is 0.190. The van der Waals surface area contributed by atoms with Crippen LogP contribution >= 0.6 is 56.7 Å². The molecule has 2 aromatic rings. The van der Waals surface area contributed by atoms with Crippen molar-refractivity contribution in [2.24, 2.45) is 0 Å². The minimum atomic E-state index is 0. The molecule has 0 saturated carbocycles. The van der Waals surface area contributed by atoms with Crippen LogP contribution < -0.4 is 10.1 Å². The second-order valence-electron chi connectivity index (χ2n) is 6.74. The molecule has 0 bridgehead atoms. The number of likely N-dealkylation sites (tertiary alicyclic amines) is 1. The topological polar surface area (TPSA) is 24.5 Å². The van der Waals surface area contributed by atoms with E-state index in [4.69, 9.17) is 4.74 Å². The third-order valence-corrected chi connectivity index (χ3v) is 5.96. The fourth-order valence-electron chi connectivity index (χ4n) is 3.40. The highest BCUT2D eigenvalue weighted by Crippen LogP contribution is 2.34. The summed E-state index contributed by atoms with van der Waals surface area (Å²) in [6.45, 7) is 6.92. The summed E-state index contributed by atoms with van der Waals surface area (Å²) in [5.41, 5.74) is 2.67.